The molecule has 2 saturated heterocycles. The van der Waals surface area contributed by atoms with E-state index in [0.717, 1.165) is 11.1 Å². The lowest BCUT2D eigenvalue weighted by molar-refractivity contribution is -0.356. The van der Waals surface area contributed by atoms with Crippen LogP contribution in [0.1, 0.15) is 17.4 Å². The lowest BCUT2D eigenvalue weighted by Crippen LogP contribution is -2.63. The minimum Gasteiger partial charge on any atom is -0.497 e. The van der Waals surface area contributed by atoms with Crippen LogP contribution in [0.2, 0.25) is 0 Å². The first-order chi connectivity index (χ1) is 16.7. The van der Waals surface area contributed by atoms with Crippen LogP contribution in [0.4, 0.5) is 0 Å². The Balaban J connectivity index is 1.35. The number of ether oxygens (including phenoxy) is 6. The van der Waals surface area contributed by atoms with Gasteiger partial charge in [0.15, 0.2) is 6.29 Å². The lowest BCUT2D eigenvalue weighted by atomic mass is 9.97. The normalized spacial score (nSPS) is 28.6. The second kappa shape index (κ2) is 10.5. The highest BCUT2D eigenvalue weighted by Crippen LogP contribution is 2.36. The number of fused-ring (bicyclic) bond motifs is 1. The van der Waals surface area contributed by atoms with Gasteiger partial charge in [-0.05, 0) is 29.8 Å². The Morgan fingerprint density at radius 1 is 0.853 bits per heavy atom. The van der Waals surface area contributed by atoms with Gasteiger partial charge in [-0.25, -0.2) is 0 Å². The summed E-state index contributed by atoms with van der Waals surface area (Å²) in [5.74, 6) is 1.26. The summed E-state index contributed by atoms with van der Waals surface area (Å²) in [5.41, 5.74) is 1.89. The van der Waals surface area contributed by atoms with Crippen molar-refractivity contribution >= 4 is 0 Å². The third kappa shape index (κ3) is 5.09. The predicted octanol–water partition coefficient (Wildman–Crippen LogP) is 3.86. The molecule has 3 aromatic carbocycles. The van der Waals surface area contributed by atoms with Crippen molar-refractivity contribution in [3.05, 3.63) is 96.1 Å². The molecule has 34 heavy (non-hydrogen) atoms. The summed E-state index contributed by atoms with van der Waals surface area (Å²) in [6.07, 6.45) is -4.28. The van der Waals surface area contributed by atoms with Crippen LogP contribution in [-0.4, -0.2) is 49.5 Å². The molecule has 7 heteroatoms. The monoisotopic (exact) mass is 464 g/mol. The molecule has 0 bridgehead atoms. The largest absolute Gasteiger partial charge is 0.497 e. The topological polar surface area (TPSA) is 75.6 Å². The van der Waals surface area contributed by atoms with E-state index in [2.05, 4.69) is 0 Å². The molecule has 0 radical (unpaired) electrons. The molecule has 2 heterocycles. The van der Waals surface area contributed by atoms with Gasteiger partial charge >= 0.3 is 0 Å². The quantitative estimate of drug-likeness (QED) is 0.569. The van der Waals surface area contributed by atoms with Crippen molar-refractivity contribution in [2.24, 2.45) is 0 Å². The molecule has 6 atom stereocenters. The molecule has 2 fully saturated rings. The van der Waals surface area contributed by atoms with Gasteiger partial charge in [-0.15, -0.1) is 0 Å². The van der Waals surface area contributed by atoms with E-state index in [1.54, 1.807) is 31.4 Å². The fraction of sp³-hybridized carbons (Fsp3) is 0.333. The molecule has 0 aliphatic carbocycles. The Bertz CT molecular complexity index is 1030. The average molecular weight is 465 g/mol. The molecule has 2 aliphatic rings. The molecule has 0 amide bonds. The van der Waals surface area contributed by atoms with E-state index in [4.69, 9.17) is 28.4 Å². The molecular weight excluding hydrogens is 436 g/mol. The van der Waals surface area contributed by atoms with E-state index in [1.807, 2.05) is 60.7 Å². The highest BCUT2D eigenvalue weighted by atomic mass is 16.8. The molecule has 178 valence electrons. The second-order valence-corrected chi connectivity index (χ2v) is 8.26. The van der Waals surface area contributed by atoms with Crippen LogP contribution in [0.3, 0.4) is 0 Å². The molecule has 1 N–H and O–H groups in total. The maximum Gasteiger partial charge on any atom is 0.229 e. The molecule has 3 aromatic rings. The third-order valence-corrected chi connectivity index (χ3v) is 5.98. The second-order valence-electron chi connectivity index (χ2n) is 8.26. The average Bonchev–Trinajstić information content (AvgIpc) is 2.90. The Morgan fingerprint density at radius 2 is 1.53 bits per heavy atom. The van der Waals surface area contributed by atoms with Crippen LogP contribution in [0.15, 0.2) is 84.9 Å². The third-order valence-electron chi connectivity index (χ3n) is 5.98. The van der Waals surface area contributed by atoms with Crippen LogP contribution >= 0.6 is 0 Å². The van der Waals surface area contributed by atoms with Crippen molar-refractivity contribution in [3.8, 4) is 11.5 Å². The number of aliphatic hydroxyl groups is 1. The maximum absolute atomic E-state index is 11.2. The van der Waals surface area contributed by atoms with Crippen molar-refractivity contribution in [2.45, 2.75) is 43.6 Å². The minimum atomic E-state index is -1.08. The maximum atomic E-state index is 11.2. The highest BCUT2D eigenvalue weighted by molar-refractivity contribution is 5.31. The van der Waals surface area contributed by atoms with Crippen LogP contribution < -0.4 is 9.47 Å². The molecule has 2 aliphatic heterocycles. The summed E-state index contributed by atoms with van der Waals surface area (Å²) in [6, 6.07) is 26.6. The van der Waals surface area contributed by atoms with Crippen molar-refractivity contribution in [1.82, 2.24) is 0 Å². The van der Waals surface area contributed by atoms with Crippen LogP contribution in [-0.2, 0) is 25.6 Å². The number of rotatable bonds is 7. The van der Waals surface area contributed by atoms with Crippen LogP contribution in [0.25, 0.3) is 0 Å². The fourth-order valence-corrected chi connectivity index (χ4v) is 4.19. The fourth-order valence-electron chi connectivity index (χ4n) is 4.19. The van der Waals surface area contributed by atoms with Crippen molar-refractivity contribution in [1.29, 1.82) is 0 Å². The molecule has 0 aromatic heterocycles. The molecule has 7 nitrogen and oxygen atoms in total. The van der Waals surface area contributed by atoms with E-state index in [9.17, 15) is 5.11 Å². The Morgan fingerprint density at radius 3 is 2.24 bits per heavy atom. The Labute approximate surface area is 198 Å². The number of hydrogen-bond donors (Lipinski definition) is 1. The smallest absolute Gasteiger partial charge is 0.229 e. The van der Waals surface area contributed by atoms with Crippen molar-refractivity contribution in [3.63, 3.8) is 0 Å². The zero-order chi connectivity index (χ0) is 23.3. The predicted molar refractivity (Wildman–Crippen MR) is 123 cm³/mol. The first-order valence-corrected chi connectivity index (χ1v) is 11.3. The molecule has 0 unspecified atom stereocenters. The van der Waals surface area contributed by atoms with E-state index < -0.39 is 37.0 Å². The number of aliphatic hydroxyl groups excluding tert-OH is 1. The molecule has 0 saturated carbocycles. The molecule has 0 spiro atoms. The van der Waals surface area contributed by atoms with E-state index in [0.29, 0.717) is 18.1 Å². The Hall–Kier alpha value is -2.94. The van der Waals surface area contributed by atoms with Gasteiger partial charge in [0.2, 0.25) is 6.29 Å². The van der Waals surface area contributed by atoms with Gasteiger partial charge in [-0.3, -0.25) is 0 Å². The molecular formula is C27H28O7. The van der Waals surface area contributed by atoms with Crippen molar-refractivity contribution in [2.75, 3.05) is 13.7 Å². The van der Waals surface area contributed by atoms with E-state index in [-0.39, 0.29) is 6.61 Å². The van der Waals surface area contributed by atoms with Gasteiger partial charge in [0, 0.05) is 5.56 Å². The summed E-state index contributed by atoms with van der Waals surface area (Å²) < 4.78 is 35.7. The van der Waals surface area contributed by atoms with Crippen LogP contribution in [0, 0.1) is 0 Å². The van der Waals surface area contributed by atoms with E-state index >= 15 is 0 Å². The number of benzene rings is 3. The first-order valence-electron chi connectivity index (χ1n) is 11.3. The lowest BCUT2D eigenvalue weighted by Gasteiger charge is -2.47. The summed E-state index contributed by atoms with van der Waals surface area (Å²) in [4.78, 5) is 0. The summed E-state index contributed by atoms with van der Waals surface area (Å²) >= 11 is 0. The van der Waals surface area contributed by atoms with Gasteiger partial charge in [0.25, 0.3) is 0 Å². The SMILES string of the molecule is COc1ccc(O[C@@H]2O[C@@H]3CO[C@H](c4ccccc4)O[C@H]3[C@H](OCc3ccccc3)[C@H]2O)cc1. The standard InChI is InChI=1S/C27H28O7/c1-29-20-12-14-21(15-13-20)32-27-23(28)25(30-16-18-8-4-2-5-9-18)24-22(33-27)17-31-26(34-24)19-10-6-3-7-11-19/h2-15,22-28H,16-17H2,1H3/t22-,23-,24-,25-,26+,27-/m1/s1. The minimum absolute atomic E-state index is 0.282. The van der Waals surface area contributed by atoms with E-state index in [1.165, 1.54) is 0 Å². The van der Waals surface area contributed by atoms with Gasteiger partial charge in [0.05, 0.1) is 20.3 Å². The highest BCUT2D eigenvalue weighted by Gasteiger charge is 2.51. The first kappa shape index (κ1) is 22.8. The zero-order valence-corrected chi connectivity index (χ0v) is 18.9. The zero-order valence-electron chi connectivity index (χ0n) is 18.9. The van der Waals surface area contributed by atoms with Gasteiger partial charge in [0.1, 0.15) is 35.9 Å². The summed E-state index contributed by atoms with van der Waals surface area (Å²) in [6.45, 7) is 0.603. The van der Waals surface area contributed by atoms with Gasteiger partial charge < -0.3 is 33.5 Å². The number of hydrogen-bond acceptors (Lipinski definition) is 7. The summed E-state index contributed by atoms with van der Waals surface area (Å²) in [5, 5.41) is 11.2. The van der Waals surface area contributed by atoms with Gasteiger partial charge in [-0.2, -0.15) is 0 Å². The van der Waals surface area contributed by atoms with Crippen LogP contribution in [0.5, 0.6) is 11.5 Å². The molecule has 5 rings (SSSR count). The Kier molecular flexibility index (Phi) is 7.08. The number of methoxy groups -OCH3 is 1. The van der Waals surface area contributed by atoms with Crippen molar-refractivity contribution < 1.29 is 33.5 Å². The van der Waals surface area contributed by atoms with Gasteiger partial charge in [-0.1, -0.05) is 60.7 Å². The summed E-state index contributed by atoms with van der Waals surface area (Å²) in [7, 11) is 1.60.